The summed E-state index contributed by atoms with van der Waals surface area (Å²) < 4.78 is 104. The number of para-hydroxylation sites is 1. The first-order chi connectivity index (χ1) is 25.9. The lowest BCUT2D eigenvalue weighted by Crippen LogP contribution is -1.91. The largest absolute Gasteiger partial charge is 0.456 e. The molecule has 1 heteroatoms. The number of furan rings is 1. The number of hydrogen-bond acceptors (Lipinski definition) is 1. The van der Waals surface area contributed by atoms with Crippen LogP contribution >= 0.6 is 0 Å². The van der Waals surface area contributed by atoms with Crippen LogP contribution in [0.25, 0.3) is 87.6 Å². The van der Waals surface area contributed by atoms with E-state index in [-0.39, 0.29) is 68.8 Å². The molecule has 0 aliphatic heterocycles. The molecule has 0 spiro atoms. The second-order valence-corrected chi connectivity index (χ2v) is 10.4. The van der Waals surface area contributed by atoms with E-state index in [2.05, 4.69) is 0 Å². The number of fused-ring (bicyclic) bond motifs is 6. The van der Waals surface area contributed by atoms with Gasteiger partial charge in [0.05, 0.1) is 15.1 Å². The molecule has 0 aliphatic rings. The predicted molar refractivity (Wildman–Crippen MR) is 183 cm³/mol. The Morgan fingerprint density at radius 2 is 0.977 bits per heavy atom. The highest BCUT2D eigenvalue weighted by Gasteiger charge is 2.20. The van der Waals surface area contributed by atoms with Crippen molar-refractivity contribution in [1.29, 1.82) is 0 Å². The molecule has 0 radical (unpaired) electrons. The first-order valence-corrected chi connectivity index (χ1v) is 13.9. The molecule has 9 rings (SSSR count). The summed E-state index contributed by atoms with van der Waals surface area (Å²) >= 11 is 0. The van der Waals surface area contributed by atoms with Crippen LogP contribution in [0.15, 0.2) is 162 Å². The van der Waals surface area contributed by atoms with E-state index in [0.717, 1.165) is 10.8 Å². The van der Waals surface area contributed by atoms with Crippen molar-refractivity contribution in [2.75, 3.05) is 0 Å². The highest BCUT2D eigenvalue weighted by Crippen LogP contribution is 2.47. The maximum atomic E-state index is 9.43. The van der Waals surface area contributed by atoms with E-state index in [1.807, 2.05) is 36.4 Å². The quantitative estimate of drug-likeness (QED) is 0.197. The van der Waals surface area contributed by atoms with Crippen LogP contribution in [-0.4, -0.2) is 0 Å². The fourth-order valence-electron chi connectivity index (χ4n) is 6.23. The van der Waals surface area contributed by atoms with Gasteiger partial charge in [0.1, 0.15) is 11.2 Å². The molecule has 1 heterocycles. The van der Waals surface area contributed by atoms with Crippen LogP contribution in [0.1, 0.15) is 15.1 Å². The van der Waals surface area contributed by atoms with Gasteiger partial charge in [0.2, 0.25) is 0 Å². The molecule has 9 aromatic rings. The van der Waals surface area contributed by atoms with E-state index in [0.29, 0.717) is 38.2 Å². The second-order valence-electron chi connectivity index (χ2n) is 10.4. The van der Waals surface area contributed by atoms with E-state index in [1.54, 1.807) is 54.6 Å². The molecule has 0 fully saturated rings. The molecule has 0 bridgehead atoms. The SMILES string of the molecule is [2H]c1c([2H])c(-c2c3ccccc3c(-c3c([2H])c([2H])c([2H])c4oc5c([2H])c([2H])c([2H])c([2H])c5c34)c3ccccc23)c([2H])c([2H])c1-c1cccc2ccccc12. The molecule has 0 saturated carbocycles. The molecule has 0 amide bonds. The van der Waals surface area contributed by atoms with Crippen molar-refractivity contribution in [2.45, 2.75) is 0 Å². The zero-order valence-corrected chi connectivity index (χ0v) is 22.6. The molecule has 1 aromatic heterocycles. The van der Waals surface area contributed by atoms with Gasteiger partial charge in [0.15, 0.2) is 0 Å². The normalized spacial score (nSPS) is 15.3. The van der Waals surface area contributed by atoms with Gasteiger partial charge < -0.3 is 4.42 Å². The summed E-state index contributed by atoms with van der Waals surface area (Å²) in [5.74, 6) is 0. The average molecular weight is 558 g/mol. The van der Waals surface area contributed by atoms with Gasteiger partial charge in [0, 0.05) is 10.8 Å². The number of benzene rings is 8. The van der Waals surface area contributed by atoms with Crippen LogP contribution in [0.4, 0.5) is 0 Å². The third-order valence-electron chi connectivity index (χ3n) is 8.06. The van der Waals surface area contributed by atoms with E-state index in [9.17, 15) is 6.85 Å². The molecule has 43 heavy (non-hydrogen) atoms. The summed E-state index contributed by atoms with van der Waals surface area (Å²) in [5.41, 5.74) is 1.55. The predicted octanol–water partition coefficient (Wildman–Crippen LogP) is 12.0. The van der Waals surface area contributed by atoms with Gasteiger partial charge >= 0.3 is 0 Å². The molecule has 1 nitrogen and oxygen atoms in total. The maximum absolute atomic E-state index is 9.43. The van der Waals surface area contributed by atoms with E-state index in [4.69, 9.17) is 12.6 Å². The molecule has 200 valence electrons. The fourth-order valence-corrected chi connectivity index (χ4v) is 6.23. The van der Waals surface area contributed by atoms with Crippen molar-refractivity contribution < 1.29 is 19.5 Å². The Balaban J connectivity index is 1.44. The Labute approximate surface area is 264 Å². The summed E-state index contributed by atoms with van der Waals surface area (Å²) in [4.78, 5) is 0. The summed E-state index contributed by atoms with van der Waals surface area (Å²) in [7, 11) is 0. The van der Waals surface area contributed by atoms with Gasteiger partial charge in [-0.25, -0.2) is 0 Å². The number of rotatable bonds is 3. The summed E-state index contributed by atoms with van der Waals surface area (Å²) in [6.45, 7) is 0. The smallest absolute Gasteiger partial charge is 0.136 e. The van der Waals surface area contributed by atoms with E-state index >= 15 is 0 Å². The average Bonchev–Trinajstić information content (AvgIpc) is 3.59. The highest BCUT2D eigenvalue weighted by atomic mass is 16.3. The minimum Gasteiger partial charge on any atom is -0.456 e. The molecule has 0 N–H and O–H groups in total. The molecule has 0 atom stereocenters. The topological polar surface area (TPSA) is 13.1 Å². The van der Waals surface area contributed by atoms with Crippen molar-refractivity contribution in [2.24, 2.45) is 0 Å². The molecule has 0 aliphatic carbocycles. The Morgan fingerprint density at radius 1 is 0.395 bits per heavy atom. The lowest BCUT2D eigenvalue weighted by Gasteiger charge is -2.18. The Morgan fingerprint density at radius 3 is 1.72 bits per heavy atom. The zero-order chi connectivity index (χ0) is 37.9. The van der Waals surface area contributed by atoms with Crippen molar-refractivity contribution in [3.8, 4) is 33.4 Å². The van der Waals surface area contributed by atoms with E-state index in [1.165, 1.54) is 0 Å². The van der Waals surface area contributed by atoms with Gasteiger partial charge in [-0.15, -0.1) is 0 Å². The van der Waals surface area contributed by atoms with Crippen LogP contribution in [0, 0.1) is 0 Å². The zero-order valence-electron chi connectivity index (χ0n) is 33.6. The number of hydrogen-bond donors (Lipinski definition) is 0. The molecule has 8 aromatic carbocycles. The highest BCUT2D eigenvalue weighted by molar-refractivity contribution is 6.25. The Kier molecular flexibility index (Phi) is 3.41. The van der Waals surface area contributed by atoms with Crippen molar-refractivity contribution >= 4 is 54.3 Å². The first kappa shape index (κ1) is 15.5. The van der Waals surface area contributed by atoms with Gasteiger partial charge in [-0.1, -0.05) is 145 Å². The third kappa shape index (κ3) is 3.65. The monoisotopic (exact) mass is 557 g/mol. The van der Waals surface area contributed by atoms with Gasteiger partial charge in [-0.05, 0) is 77.8 Å². The first-order valence-electron chi connectivity index (χ1n) is 19.4. The Bertz CT molecular complexity index is 3040. The van der Waals surface area contributed by atoms with Gasteiger partial charge in [-0.3, -0.25) is 0 Å². The van der Waals surface area contributed by atoms with Gasteiger partial charge in [0.25, 0.3) is 0 Å². The standard InChI is InChI=1S/C42H26O/c1-2-13-30-27(11-1)12-9-19-31(30)28-23-25-29(26-24-28)40-32-14-3-5-16-34(32)41(35-17-6-4-15-33(35)40)37-20-10-22-39-42(37)36-18-7-8-21-38(36)43-39/h1-26H/i7D,8D,10D,18D,20D,21D,22D,23D,24D,25D,26D. The molecular weight excluding hydrogens is 520 g/mol. The molecule has 0 saturated heterocycles. The molecule has 0 unspecified atom stereocenters. The minimum absolute atomic E-state index is 0.00570. The van der Waals surface area contributed by atoms with Crippen molar-refractivity contribution in [3.05, 3.63) is 157 Å². The van der Waals surface area contributed by atoms with E-state index < -0.39 is 36.3 Å². The second kappa shape index (κ2) is 9.44. The fraction of sp³-hybridized carbons (Fsp3) is 0. The summed E-state index contributed by atoms with van der Waals surface area (Å²) in [6.07, 6.45) is 0. The van der Waals surface area contributed by atoms with Crippen molar-refractivity contribution in [1.82, 2.24) is 0 Å². The van der Waals surface area contributed by atoms with Crippen LogP contribution < -0.4 is 0 Å². The Hall–Kier alpha value is -5.66. The lowest BCUT2D eigenvalue weighted by atomic mass is 9.84. The maximum Gasteiger partial charge on any atom is 0.136 e. The van der Waals surface area contributed by atoms with Crippen molar-refractivity contribution in [3.63, 3.8) is 0 Å². The molecular formula is C42H26O. The van der Waals surface area contributed by atoms with Crippen LogP contribution in [0.2, 0.25) is 0 Å². The van der Waals surface area contributed by atoms with Gasteiger partial charge in [-0.2, -0.15) is 0 Å². The van der Waals surface area contributed by atoms with Crippen LogP contribution in [0.3, 0.4) is 0 Å². The lowest BCUT2D eigenvalue weighted by molar-refractivity contribution is 0.669. The summed E-state index contributed by atoms with van der Waals surface area (Å²) in [6, 6.07) is 23.6. The van der Waals surface area contributed by atoms with Crippen LogP contribution in [0.5, 0.6) is 0 Å². The van der Waals surface area contributed by atoms with Crippen LogP contribution in [-0.2, 0) is 0 Å². The third-order valence-corrected chi connectivity index (χ3v) is 8.06. The summed E-state index contributed by atoms with van der Waals surface area (Å²) in [5, 5.41) is 3.94. The minimum atomic E-state index is -0.511.